The van der Waals surface area contributed by atoms with Crippen molar-refractivity contribution in [1.29, 1.82) is 0 Å². The number of hydrogen-bond acceptors (Lipinski definition) is 4. The summed E-state index contributed by atoms with van der Waals surface area (Å²) < 4.78 is 3.34. The molecular weight excluding hydrogens is 406 g/mol. The Labute approximate surface area is 186 Å². The Bertz CT molecular complexity index is 1150. The summed E-state index contributed by atoms with van der Waals surface area (Å²) in [6.45, 7) is 1.87. The van der Waals surface area contributed by atoms with E-state index in [4.69, 9.17) is 0 Å². The number of carbonyl (C=O) groups excluding carboxylic acids is 2. The van der Waals surface area contributed by atoms with Gasteiger partial charge in [-0.15, -0.1) is 0 Å². The minimum Gasteiger partial charge on any atom is -0.355 e. The number of amides is 2. The van der Waals surface area contributed by atoms with Crippen molar-refractivity contribution in [3.8, 4) is 0 Å². The molecule has 32 heavy (non-hydrogen) atoms. The highest BCUT2D eigenvalue weighted by atomic mass is 16.2. The van der Waals surface area contributed by atoms with Crippen molar-refractivity contribution in [3.05, 3.63) is 87.6 Å². The first-order valence-corrected chi connectivity index (χ1v) is 10.8. The van der Waals surface area contributed by atoms with E-state index in [2.05, 4.69) is 10.4 Å². The molecule has 3 aromatic rings. The van der Waals surface area contributed by atoms with Gasteiger partial charge in [0.2, 0.25) is 5.91 Å². The third kappa shape index (κ3) is 4.64. The van der Waals surface area contributed by atoms with E-state index in [1.165, 1.54) is 7.05 Å². The molecule has 1 aliphatic rings. The zero-order valence-corrected chi connectivity index (χ0v) is 18.2. The van der Waals surface area contributed by atoms with Crippen molar-refractivity contribution < 1.29 is 9.59 Å². The lowest BCUT2D eigenvalue weighted by atomic mass is 9.95. The third-order valence-corrected chi connectivity index (χ3v) is 5.87. The smallest absolute Gasteiger partial charge is 0.263 e. The van der Waals surface area contributed by atoms with Crippen LogP contribution < -0.4 is 10.9 Å². The molecule has 3 heterocycles. The molecule has 0 saturated carbocycles. The first kappa shape index (κ1) is 21.5. The summed E-state index contributed by atoms with van der Waals surface area (Å²) in [5, 5.41) is 6.74. The van der Waals surface area contributed by atoms with E-state index < -0.39 is 0 Å². The van der Waals surface area contributed by atoms with Crippen LogP contribution in [0.2, 0.25) is 0 Å². The number of pyridine rings is 1. The maximum atomic E-state index is 13.1. The van der Waals surface area contributed by atoms with Crippen molar-refractivity contribution in [2.75, 3.05) is 13.6 Å². The second-order valence-corrected chi connectivity index (χ2v) is 7.91. The number of fused-ring (bicyclic) bond motifs is 1. The van der Waals surface area contributed by atoms with Crippen molar-refractivity contribution in [1.82, 2.24) is 24.6 Å². The van der Waals surface area contributed by atoms with Crippen molar-refractivity contribution in [2.24, 2.45) is 0 Å². The Kier molecular flexibility index (Phi) is 6.49. The van der Waals surface area contributed by atoms with Gasteiger partial charge in [-0.1, -0.05) is 30.3 Å². The highest BCUT2D eigenvalue weighted by molar-refractivity contribution is 5.95. The maximum absolute atomic E-state index is 13.1. The van der Waals surface area contributed by atoms with Gasteiger partial charge in [-0.25, -0.2) is 0 Å². The normalized spacial score (nSPS) is 13.0. The Hall–Kier alpha value is -3.68. The first-order chi connectivity index (χ1) is 15.6. The van der Waals surface area contributed by atoms with Crippen LogP contribution in [0.4, 0.5) is 0 Å². The van der Waals surface area contributed by atoms with Gasteiger partial charge >= 0.3 is 0 Å². The molecular formula is C24H27N5O3. The SMILES string of the molecule is CNC(=O)c1c2c(cn(CCc3ccccc3)c1=O)CN(C(=O)CCn1cccn1)CC2. The molecule has 1 N–H and O–H groups in total. The average Bonchev–Trinajstić information content (AvgIpc) is 3.35. The van der Waals surface area contributed by atoms with Gasteiger partial charge in [0.05, 0.1) is 0 Å². The van der Waals surface area contributed by atoms with Crippen LogP contribution >= 0.6 is 0 Å². The van der Waals surface area contributed by atoms with Gasteiger partial charge in [-0.2, -0.15) is 5.10 Å². The summed E-state index contributed by atoms with van der Waals surface area (Å²) in [4.78, 5) is 40.3. The fourth-order valence-electron chi connectivity index (χ4n) is 4.14. The zero-order valence-electron chi connectivity index (χ0n) is 18.2. The Morgan fingerprint density at radius 2 is 1.94 bits per heavy atom. The predicted octanol–water partition coefficient (Wildman–Crippen LogP) is 1.62. The average molecular weight is 434 g/mol. The molecule has 8 heteroatoms. The highest BCUT2D eigenvalue weighted by Gasteiger charge is 2.27. The summed E-state index contributed by atoms with van der Waals surface area (Å²) in [7, 11) is 1.53. The number of rotatable bonds is 7. The summed E-state index contributed by atoms with van der Waals surface area (Å²) in [5.41, 5.74) is 2.64. The number of carbonyl (C=O) groups is 2. The lowest BCUT2D eigenvalue weighted by Gasteiger charge is -2.30. The minimum absolute atomic E-state index is 0.0367. The molecule has 2 amide bonds. The number of aromatic nitrogens is 3. The Morgan fingerprint density at radius 1 is 1.12 bits per heavy atom. The van der Waals surface area contributed by atoms with Crippen LogP contribution in [0.15, 0.2) is 59.8 Å². The molecule has 0 fully saturated rings. The summed E-state index contributed by atoms with van der Waals surface area (Å²) in [6, 6.07) is 11.8. The lowest BCUT2D eigenvalue weighted by Crippen LogP contribution is -2.41. The molecule has 0 aliphatic carbocycles. The number of benzene rings is 1. The molecule has 4 rings (SSSR count). The number of nitrogens with one attached hydrogen (secondary N) is 1. The van der Waals surface area contributed by atoms with E-state index in [0.717, 1.165) is 16.7 Å². The predicted molar refractivity (Wildman–Crippen MR) is 120 cm³/mol. The van der Waals surface area contributed by atoms with Gasteiger partial charge in [0.15, 0.2) is 0 Å². The third-order valence-electron chi connectivity index (χ3n) is 5.87. The molecule has 1 aliphatic heterocycles. The second-order valence-electron chi connectivity index (χ2n) is 7.91. The van der Waals surface area contributed by atoms with Crippen LogP contribution in [0, 0.1) is 0 Å². The van der Waals surface area contributed by atoms with Gasteiger partial charge in [-0.05, 0) is 35.6 Å². The minimum atomic E-state index is -0.376. The zero-order chi connectivity index (χ0) is 22.5. The van der Waals surface area contributed by atoms with Crippen molar-refractivity contribution in [3.63, 3.8) is 0 Å². The van der Waals surface area contributed by atoms with Crippen LogP contribution in [0.1, 0.15) is 33.5 Å². The molecule has 0 saturated heterocycles. The molecule has 8 nitrogen and oxygen atoms in total. The van der Waals surface area contributed by atoms with Crippen molar-refractivity contribution in [2.45, 2.75) is 38.9 Å². The van der Waals surface area contributed by atoms with Crippen LogP contribution in [0.3, 0.4) is 0 Å². The van der Waals surface area contributed by atoms with E-state index in [1.54, 1.807) is 20.3 Å². The Balaban J connectivity index is 1.57. The van der Waals surface area contributed by atoms with Gasteiger partial charge in [0.25, 0.3) is 11.5 Å². The van der Waals surface area contributed by atoms with E-state index in [9.17, 15) is 14.4 Å². The van der Waals surface area contributed by atoms with Gasteiger partial charge < -0.3 is 14.8 Å². The monoisotopic (exact) mass is 433 g/mol. The number of nitrogens with zero attached hydrogens (tertiary/aromatic N) is 4. The molecule has 2 aromatic heterocycles. The quantitative estimate of drug-likeness (QED) is 0.613. The topological polar surface area (TPSA) is 89.2 Å². The van der Waals surface area contributed by atoms with Gasteiger partial charge in [0, 0.05) is 58.2 Å². The van der Waals surface area contributed by atoms with E-state index in [1.807, 2.05) is 48.8 Å². The van der Waals surface area contributed by atoms with Crippen LogP contribution in [-0.2, 0) is 37.3 Å². The standard InChI is InChI=1S/C24H27N5O3/c1-25-23(31)22-20-9-14-27(21(30)10-15-29-12-5-11-26-29)16-19(20)17-28(24(22)32)13-8-18-6-3-2-4-7-18/h2-7,11-12,17H,8-10,13-16H2,1H3,(H,25,31). The molecule has 0 radical (unpaired) electrons. The van der Waals surface area contributed by atoms with Crippen LogP contribution in [-0.4, -0.2) is 44.7 Å². The lowest BCUT2D eigenvalue weighted by molar-refractivity contribution is -0.132. The summed E-state index contributed by atoms with van der Waals surface area (Å²) in [5.74, 6) is -0.339. The first-order valence-electron chi connectivity index (χ1n) is 10.8. The van der Waals surface area contributed by atoms with Crippen molar-refractivity contribution >= 4 is 11.8 Å². The number of hydrogen-bond donors (Lipinski definition) is 1. The maximum Gasteiger partial charge on any atom is 0.263 e. The van der Waals surface area contributed by atoms with E-state index in [0.29, 0.717) is 45.4 Å². The summed E-state index contributed by atoms with van der Waals surface area (Å²) in [6.07, 6.45) is 6.86. The Morgan fingerprint density at radius 3 is 2.66 bits per heavy atom. The molecule has 0 spiro atoms. The van der Waals surface area contributed by atoms with E-state index >= 15 is 0 Å². The van der Waals surface area contributed by atoms with Crippen LogP contribution in [0.25, 0.3) is 0 Å². The molecule has 0 unspecified atom stereocenters. The fourth-order valence-corrected chi connectivity index (χ4v) is 4.14. The van der Waals surface area contributed by atoms with E-state index in [-0.39, 0.29) is 22.9 Å². The molecule has 0 atom stereocenters. The molecule has 166 valence electrons. The fraction of sp³-hybridized carbons (Fsp3) is 0.333. The molecule has 1 aromatic carbocycles. The second kappa shape index (κ2) is 9.64. The van der Waals surface area contributed by atoms with Crippen LogP contribution in [0.5, 0.6) is 0 Å². The number of aryl methyl sites for hydroxylation is 3. The van der Waals surface area contributed by atoms with Gasteiger partial charge in [0.1, 0.15) is 5.56 Å². The van der Waals surface area contributed by atoms with Gasteiger partial charge in [-0.3, -0.25) is 19.1 Å². The largest absolute Gasteiger partial charge is 0.355 e. The summed E-state index contributed by atoms with van der Waals surface area (Å²) >= 11 is 0. The molecule has 0 bridgehead atoms. The highest BCUT2D eigenvalue weighted by Crippen LogP contribution is 2.22.